The number of aromatic nitrogens is 2. The largest absolute Gasteiger partial charge is 0.465 e. The van der Waals surface area contributed by atoms with Crippen molar-refractivity contribution in [3.05, 3.63) is 27.8 Å². The van der Waals surface area contributed by atoms with Crippen molar-refractivity contribution in [2.45, 2.75) is 36.3 Å². The van der Waals surface area contributed by atoms with E-state index in [1.165, 1.54) is 4.68 Å². The normalized spacial score (nSPS) is 26.5. The Labute approximate surface area is 134 Å². The van der Waals surface area contributed by atoms with Gasteiger partial charge in [0.05, 0.1) is 12.3 Å². The van der Waals surface area contributed by atoms with E-state index >= 15 is 0 Å². The van der Waals surface area contributed by atoms with Crippen LogP contribution in [0, 0.1) is 5.92 Å². The lowest BCUT2D eigenvalue weighted by molar-refractivity contribution is -0.144. The molecule has 1 aromatic heterocycles. The van der Waals surface area contributed by atoms with Crippen LogP contribution in [0.15, 0.2) is 10.8 Å². The molecule has 0 N–H and O–H groups in total. The molecule has 4 nitrogen and oxygen atoms in total. The number of ether oxygens (including phenoxy) is 1. The molecule has 118 valence electrons. The maximum absolute atomic E-state index is 13.4. The van der Waals surface area contributed by atoms with Gasteiger partial charge in [-0.25, -0.2) is 8.78 Å². The van der Waals surface area contributed by atoms with Gasteiger partial charge in [-0.3, -0.25) is 9.48 Å². The van der Waals surface area contributed by atoms with Gasteiger partial charge in [-0.15, -0.1) is 23.5 Å². The summed E-state index contributed by atoms with van der Waals surface area (Å²) in [5, 5.41) is 8.06. The van der Waals surface area contributed by atoms with Gasteiger partial charge in [-0.1, -0.05) is 0 Å². The minimum absolute atomic E-state index is 0.106. The van der Waals surface area contributed by atoms with Gasteiger partial charge in [0.15, 0.2) is 0 Å². The van der Waals surface area contributed by atoms with Crippen LogP contribution in [0.2, 0.25) is 0 Å². The number of nitrogens with zero attached hydrogens (tertiary/aromatic N) is 2. The molecule has 2 atom stereocenters. The molecular formula is C14H14F2N2O2S2. The standard InChI is InChI=1S/C14H14F2N2O2S2/c1-2-20-9(19)6-18-12-10(11(17-18)13(15)16)7-5-8(7)14(12)21-3-4-22-14/h3-4,7-8,13H,2,5-6H2,1H3. The number of esters is 1. The lowest BCUT2D eigenvalue weighted by atomic mass is 10.1. The number of hydrogen-bond acceptors (Lipinski definition) is 5. The third-order valence-electron chi connectivity index (χ3n) is 4.33. The molecule has 1 saturated carbocycles. The van der Waals surface area contributed by atoms with Crippen molar-refractivity contribution in [2.24, 2.45) is 5.92 Å². The molecule has 0 amide bonds. The minimum Gasteiger partial charge on any atom is -0.465 e. The number of rotatable bonds is 4. The third kappa shape index (κ3) is 1.89. The molecular weight excluding hydrogens is 330 g/mol. The van der Waals surface area contributed by atoms with Crippen LogP contribution in [-0.4, -0.2) is 22.4 Å². The molecule has 1 fully saturated rings. The maximum Gasteiger partial charge on any atom is 0.327 e. The van der Waals surface area contributed by atoms with Crippen molar-refractivity contribution >= 4 is 29.5 Å². The van der Waals surface area contributed by atoms with Gasteiger partial charge in [0.2, 0.25) is 0 Å². The lowest BCUT2D eigenvalue weighted by Crippen LogP contribution is -2.24. The lowest BCUT2D eigenvalue weighted by Gasteiger charge is -2.25. The van der Waals surface area contributed by atoms with Crippen LogP contribution in [0.25, 0.3) is 0 Å². The van der Waals surface area contributed by atoms with Crippen molar-refractivity contribution < 1.29 is 18.3 Å². The van der Waals surface area contributed by atoms with Gasteiger partial charge in [-0.05, 0) is 36.0 Å². The first kappa shape index (κ1) is 14.6. The first-order valence-corrected chi connectivity index (χ1v) is 8.90. The zero-order chi connectivity index (χ0) is 15.5. The summed E-state index contributed by atoms with van der Waals surface area (Å²) in [4.78, 5) is 11.8. The predicted molar refractivity (Wildman–Crippen MR) is 80.7 cm³/mol. The molecule has 0 bridgehead atoms. The van der Waals surface area contributed by atoms with E-state index in [0.29, 0.717) is 11.5 Å². The second kappa shape index (κ2) is 4.99. The Morgan fingerprint density at radius 2 is 2.27 bits per heavy atom. The van der Waals surface area contributed by atoms with Gasteiger partial charge in [-0.2, -0.15) is 5.10 Å². The van der Waals surface area contributed by atoms with E-state index in [2.05, 4.69) is 5.10 Å². The Morgan fingerprint density at radius 3 is 2.91 bits per heavy atom. The number of thioether (sulfide) groups is 2. The number of hydrogen-bond donors (Lipinski definition) is 0. The summed E-state index contributed by atoms with van der Waals surface area (Å²) < 4.78 is 32.8. The molecule has 1 spiro atoms. The Hall–Kier alpha value is -1.02. The van der Waals surface area contributed by atoms with E-state index in [-0.39, 0.29) is 28.8 Å². The molecule has 2 heterocycles. The molecule has 8 heteroatoms. The van der Waals surface area contributed by atoms with Crippen molar-refractivity contribution in [3.8, 4) is 0 Å². The minimum atomic E-state index is -2.61. The second-order valence-corrected chi connectivity index (χ2v) is 8.10. The van der Waals surface area contributed by atoms with Crippen LogP contribution in [-0.2, 0) is 20.2 Å². The molecule has 22 heavy (non-hydrogen) atoms. The molecule has 2 unspecified atom stereocenters. The molecule has 4 rings (SSSR count). The Bertz CT molecular complexity index is 666. The average Bonchev–Trinajstić information content (AvgIpc) is 2.87. The molecule has 2 aliphatic carbocycles. The summed E-state index contributed by atoms with van der Waals surface area (Å²) in [6.07, 6.45) is -1.68. The number of carbonyl (C=O) groups excluding carboxylic acids is 1. The van der Waals surface area contributed by atoms with E-state index in [1.807, 2.05) is 10.8 Å². The number of alkyl halides is 2. The highest BCUT2D eigenvalue weighted by Crippen LogP contribution is 2.76. The fourth-order valence-electron chi connectivity index (χ4n) is 3.51. The average molecular weight is 344 g/mol. The number of fused-ring (bicyclic) bond motifs is 5. The molecule has 0 aromatic carbocycles. The van der Waals surface area contributed by atoms with E-state index in [1.54, 1.807) is 30.4 Å². The fraction of sp³-hybridized carbons (Fsp3) is 0.571. The molecule has 3 aliphatic rings. The number of carbonyl (C=O) groups is 1. The van der Waals surface area contributed by atoms with Crippen molar-refractivity contribution in [1.82, 2.24) is 9.78 Å². The highest BCUT2D eigenvalue weighted by molar-refractivity contribution is 8.23. The van der Waals surface area contributed by atoms with Crippen LogP contribution >= 0.6 is 23.5 Å². The Kier molecular flexibility index (Phi) is 3.30. The maximum atomic E-state index is 13.4. The predicted octanol–water partition coefficient (Wildman–Crippen LogP) is 3.60. The van der Waals surface area contributed by atoms with Gasteiger partial charge >= 0.3 is 5.97 Å². The SMILES string of the molecule is CCOC(=O)Cn1nc(C(F)F)c2c1C1(SC=CS1)C1CC21. The van der Waals surface area contributed by atoms with Crippen LogP contribution in [0.1, 0.15) is 42.6 Å². The van der Waals surface area contributed by atoms with Crippen molar-refractivity contribution in [2.75, 3.05) is 6.61 Å². The summed E-state index contributed by atoms with van der Waals surface area (Å²) in [5.41, 5.74) is 1.31. The topological polar surface area (TPSA) is 44.1 Å². The van der Waals surface area contributed by atoms with Gasteiger partial charge < -0.3 is 4.74 Å². The highest BCUT2D eigenvalue weighted by atomic mass is 32.2. The summed E-state index contributed by atoms with van der Waals surface area (Å²) in [6.45, 7) is 1.88. The third-order valence-corrected chi connectivity index (χ3v) is 7.32. The Balaban J connectivity index is 1.79. The van der Waals surface area contributed by atoms with E-state index in [9.17, 15) is 13.6 Å². The van der Waals surface area contributed by atoms with E-state index in [4.69, 9.17) is 4.74 Å². The monoisotopic (exact) mass is 344 g/mol. The zero-order valence-corrected chi connectivity index (χ0v) is 13.4. The van der Waals surface area contributed by atoms with Crippen LogP contribution in [0.5, 0.6) is 0 Å². The van der Waals surface area contributed by atoms with Crippen LogP contribution in [0.3, 0.4) is 0 Å². The van der Waals surface area contributed by atoms with Gasteiger partial charge in [0.25, 0.3) is 6.43 Å². The van der Waals surface area contributed by atoms with E-state index < -0.39 is 12.4 Å². The van der Waals surface area contributed by atoms with Gasteiger partial charge in [0, 0.05) is 5.56 Å². The van der Waals surface area contributed by atoms with Crippen LogP contribution in [0.4, 0.5) is 8.78 Å². The summed E-state index contributed by atoms with van der Waals surface area (Å²) in [6, 6.07) is 0. The number of halogens is 2. The fourth-order valence-corrected chi connectivity index (χ4v) is 6.44. The first-order valence-electron chi connectivity index (χ1n) is 7.14. The highest BCUT2D eigenvalue weighted by Gasteiger charge is 2.66. The zero-order valence-electron chi connectivity index (χ0n) is 11.8. The molecule has 0 radical (unpaired) electrons. The van der Waals surface area contributed by atoms with Crippen molar-refractivity contribution in [1.29, 1.82) is 0 Å². The van der Waals surface area contributed by atoms with E-state index in [0.717, 1.165) is 12.1 Å². The summed E-state index contributed by atoms with van der Waals surface area (Å²) in [7, 11) is 0. The quantitative estimate of drug-likeness (QED) is 0.781. The Morgan fingerprint density at radius 1 is 1.55 bits per heavy atom. The molecule has 1 aromatic rings. The van der Waals surface area contributed by atoms with Gasteiger partial charge in [0.1, 0.15) is 16.3 Å². The van der Waals surface area contributed by atoms with Crippen LogP contribution < -0.4 is 0 Å². The second-order valence-electron chi connectivity index (χ2n) is 5.53. The summed E-state index contributed by atoms with van der Waals surface area (Å²) >= 11 is 3.30. The smallest absolute Gasteiger partial charge is 0.327 e. The first-order chi connectivity index (χ1) is 10.6. The van der Waals surface area contributed by atoms with Crippen molar-refractivity contribution in [3.63, 3.8) is 0 Å². The molecule has 1 aliphatic heterocycles. The molecule has 0 saturated heterocycles. The summed E-state index contributed by atoms with van der Waals surface area (Å²) in [5.74, 6) is 0.0802.